The van der Waals surface area contributed by atoms with Crippen LogP contribution in [0.3, 0.4) is 0 Å². The fourth-order valence-corrected chi connectivity index (χ4v) is 4.89. The summed E-state index contributed by atoms with van der Waals surface area (Å²) in [4.78, 5) is 28.3. The van der Waals surface area contributed by atoms with Gasteiger partial charge in [0.05, 0.1) is 17.4 Å². The van der Waals surface area contributed by atoms with Crippen LogP contribution in [0.5, 0.6) is 5.75 Å². The van der Waals surface area contributed by atoms with Gasteiger partial charge in [0.15, 0.2) is 0 Å². The number of piperazine rings is 1. The summed E-state index contributed by atoms with van der Waals surface area (Å²) in [5, 5.41) is 4.03. The number of nitrogens with one attached hydrogen (secondary N) is 1. The second kappa shape index (κ2) is 8.97. The second-order valence-electron chi connectivity index (χ2n) is 7.39. The summed E-state index contributed by atoms with van der Waals surface area (Å²) in [6.07, 6.45) is 1.61. The molecule has 1 saturated heterocycles. The Morgan fingerprint density at radius 1 is 1.23 bits per heavy atom. The minimum absolute atomic E-state index is 0.0833. The highest BCUT2D eigenvalue weighted by Crippen LogP contribution is 2.35. The summed E-state index contributed by atoms with van der Waals surface area (Å²) >= 11 is 1.43. The maximum absolute atomic E-state index is 12.9. The van der Waals surface area contributed by atoms with Crippen LogP contribution >= 0.6 is 11.3 Å². The third kappa shape index (κ3) is 4.11. The van der Waals surface area contributed by atoms with Gasteiger partial charge in [-0.05, 0) is 36.7 Å². The number of rotatable bonds is 6. The molecule has 1 aliphatic heterocycles. The Morgan fingerprint density at radius 2 is 2.03 bits per heavy atom. The third-order valence-electron chi connectivity index (χ3n) is 5.62. The number of benzene rings is 1. The number of aromatic nitrogens is 2. The van der Waals surface area contributed by atoms with E-state index in [1.807, 2.05) is 31.2 Å². The molecule has 4 rings (SSSR count). The first kappa shape index (κ1) is 20.6. The van der Waals surface area contributed by atoms with E-state index in [9.17, 15) is 4.79 Å². The van der Waals surface area contributed by atoms with E-state index in [1.54, 1.807) is 13.4 Å². The fourth-order valence-electron chi connectivity index (χ4n) is 3.83. The van der Waals surface area contributed by atoms with E-state index in [1.165, 1.54) is 11.3 Å². The lowest BCUT2D eigenvalue weighted by Crippen LogP contribution is -2.46. The van der Waals surface area contributed by atoms with Gasteiger partial charge in [-0.3, -0.25) is 4.79 Å². The number of nitrogens with zero attached hydrogens (tertiary/aromatic N) is 4. The number of methoxy groups -OCH3 is 1. The molecule has 0 radical (unpaired) electrons. The monoisotopic (exact) mass is 425 g/mol. The zero-order chi connectivity index (χ0) is 21.1. The summed E-state index contributed by atoms with van der Waals surface area (Å²) < 4.78 is 5.26. The first-order valence-corrected chi connectivity index (χ1v) is 11.0. The van der Waals surface area contributed by atoms with Gasteiger partial charge in [-0.2, -0.15) is 0 Å². The first-order chi connectivity index (χ1) is 14.6. The Kier molecular flexibility index (Phi) is 6.15. The SMILES string of the molecule is CCN1CCN(c2ncnc3sc(C(=O)NCc4cccc(OC)c4)c(C)c23)CC1. The molecule has 1 aromatic carbocycles. The summed E-state index contributed by atoms with van der Waals surface area (Å²) in [5.74, 6) is 1.64. The molecule has 1 aliphatic rings. The minimum Gasteiger partial charge on any atom is -0.497 e. The van der Waals surface area contributed by atoms with Crippen molar-refractivity contribution in [3.8, 4) is 5.75 Å². The maximum atomic E-state index is 12.9. The number of ether oxygens (including phenoxy) is 1. The average molecular weight is 426 g/mol. The van der Waals surface area contributed by atoms with E-state index in [0.29, 0.717) is 11.4 Å². The zero-order valence-electron chi connectivity index (χ0n) is 17.6. The van der Waals surface area contributed by atoms with Gasteiger partial charge in [0.1, 0.15) is 22.7 Å². The Hall–Kier alpha value is -2.71. The minimum atomic E-state index is -0.0833. The Morgan fingerprint density at radius 3 is 2.77 bits per heavy atom. The van der Waals surface area contributed by atoms with Crippen LogP contribution in [0.1, 0.15) is 27.7 Å². The number of carbonyl (C=O) groups is 1. The molecule has 1 fully saturated rings. The van der Waals surface area contributed by atoms with Crippen LogP contribution in [0.4, 0.5) is 5.82 Å². The van der Waals surface area contributed by atoms with Crippen LogP contribution in [0.15, 0.2) is 30.6 Å². The normalized spacial score (nSPS) is 14.8. The molecule has 3 heterocycles. The van der Waals surface area contributed by atoms with Crippen LogP contribution in [0, 0.1) is 6.92 Å². The van der Waals surface area contributed by atoms with Crippen LogP contribution in [-0.4, -0.2) is 60.6 Å². The Balaban J connectivity index is 1.55. The van der Waals surface area contributed by atoms with Gasteiger partial charge in [0.25, 0.3) is 5.91 Å². The quantitative estimate of drug-likeness (QED) is 0.655. The molecule has 0 atom stereocenters. The van der Waals surface area contributed by atoms with Gasteiger partial charge in [0.2, 0.25) is 0 Å². The molecule has 0 saturated carbocycles. The first-order valence-electron chi connectivity index (χ1n) is 10.2. The molecule has 158 valence electrons. The van der Waals surface area contributed by atoms with Crippen molar-refractivity contribution >= 4 is 33.3 Å². The molecule has 30 heavy (non-hydrogen) atoms. The summed E-state index contributed by atoms with van der Waals surface area (Å²) in [6, 6.07) is 7.71. The highest BCUT2D eigenvalue weighted by Gasteiger charge is 2.24. The lowest BCUT2D eigenvalue weighted by atomic mass is 10.1. The number of likely N-dealkylation sites (N-methyl/N-ethyl adjacent to an activating group) is 1. The average Bonchev–Trinajstić information content (AvgIpc) is 3.14. The fraction of sp³-hybridized carbons (Fsp3) is 0.409. The summed E-state index contributed by atoms with van der Waals surface area (Å²) in [5.41, 5.74) is 1.95. The van der Waals surface area contributed by atoms with Crippen molar-refractivity contribution in [2.75, 3.05) is 44.7 Å². The molecule has 0 bridgehead atoms. The molecule has 0 aliphatic carbocycles. The topological polar surface area (TPSA) is 70.6 Å². The zero-order valence-corrected chi connectivity index (χ0v) is 18.5. The van der Waals surface area contributed by atoms with Crippen molar-refractivity contribution in [1.29, 1.82) is 0 Å². The number of hydrogen-bond acceptors (Lipinski definition) is 7. The van der Waals surface area contributed by atoms with E-state index in [-0.39, 0.29) is 5.91 Å². The molecule has 7 nitrogen and oxygen atoms in total. The number of carbonyl (C=O) groups excluding carboxylic acids is 1. The number of thiophene rings is 1. The smallest absolute Gasteiger partial charge is 0.261 e. The molecule has 1 N–H and O–H groups in total. The van der Waals surface area contributed by atoms with Gasteiger partial charge in [-0.25, -0.2) is 9.97 Å². The van der Waals surface area contributed by atoms with Crippen molar-refractivity contribution < 1.29 is 9.53 Å². The molecule has 2 aromatic heterocycles. The van der Waals surface area contributed by atoms with E-state index in [0.717, 1.165) is 65.6 Å². The highest BCUT2D eigenvalue weighted by atomic mass is 32.1. The molecular weight excluding hydrogens is 398 g/mol. The maximum Gasteiger partial charge on any atom is 0.261 e. The van der Waals surface area contributed by atoms with E-state index >= 15 is 0 Å². The van der Waals surface area contributed by atoms with Crippen molar-refractivity contribution in [2.45, 2.75) is 20.4 Å². The van der Waals surface area contributed by atoms with Gasteiger partial charge >= 0.3 is 0 Å². The molecular formula is C22H27N5O2S. The van der Waals surface area contributed by atoms with Crippen molar-refractivity contribution in [1.82, 2.24) is 20.2 Å². The van der Waals surface area contributed by atoms with Gasteiger partial charge < -0.3 is 19.9 Å². The van der Waals surface area contributed by atoms with Crippen molar-refractivity contribution in [2.24, 2.45) is 0 Å². The van der Waals surface area contributed by atoms with Crippen molar-refractivity contribution in [3.05, 3.63) is 46.6 Å². The van der Waals surface area contributed by atoms with E-state index < -0.39 is 0 Å². The number of aryl methyl sites for hydroxylation is 1. The van der Waals surface area contributed by atoms with Crippen LogP contribution in [-0.2, 0) is 6.54 Å². The van der Waals surface area contributed by atoms with Gasteiger partial charge in [0, 0.05) is 32.7 Å². The number of hydrogen-bond donors (Lipinski definition) is 1. The van der Waals surface area contributed by atoms with E-state index in [2.05, 4.69) is 32.0 Å². The van der Waals surface area contributed by atoms with Crippen LogP contribution in [0.25, 0.3) is 10.2 Å². The highest BCUT2D eigenvalue weighted by molar-refractivity contribution is 7.20. The summed E-state index contributed by atoms with van der Waals surface area (Å²) in [7, 11) is 1.64. The number of amides is 1. The lowest BCUT2D eigenvalue weighted by molar-refractivity contribution is 0.0954. The molecule has 3 aromatic rings. The molecule has 8 heteroatoms. The lowest BCUT2D eigenvalue weighted by Gasteiger charge is -2.35. The Labute approximate surface area is 180 Å². The van der Waals surface area contributed by atoms with E-state index in [4.69, 9.17) is 4.74 Å². The molecule has 0 spiro atoms. The Bertz CT molecular complexity index is 1040. The largest absolute Gasteiger partial charge is 0.497 e. The molecule has 1 amide bonds. The molecule has 0 unspecified atom stereocenters. The standard InChI is InChI=1S/C22H27N5O2S/c1-4-26-8-10-27(11-9-26)20-18-15(2)19(30-22(18)25-14-24-20)21(28)23-13-16-6-5-7-17(12-16)29-3/h5-7,12,14H,4,8-11,13H2,1-3H3,(H,23,28). The summed E-state index contributed by atoms with van der Waals surface area (Å²) in [6.45, 7) is 9.63. The van der Waals surface area contributed by atoms with Gasteiger partial charge in [-0.1, -0.05) is 19.1 Å². The number of anilines is 1. The van der Waals surface area contributed by atoms with Crippen molar-refractivity contribution in [3.63, 3.8) is 0 Å². The number of fused-ring (bicyclic) bond motifs is 1. The second-order valence-corrected chi connectivity index (χ2v) is 8.39. The predicted octanol–water partition coefficient (Wildman–Crippen LogP) is 3.08. The van der Waals surface area contributed by atoms with Crippen LogP contribution < -0.4 is 15.0 Å². The van der Waals surface area contributed by atoms with Gasteiger partial charge in [-0.15, -0.1) is 11.3 Å². The predicted molar refractivity (Wildman–Crippen MR) is 121 cm³/mol. The van der Waals surface area contributed by atoms with Crippen LogP contribution in [0.2, 0.25) is 0 Å². The third-order valence-corrected chi connectivity index (χ3v) is 6.82.